The van der Waals surface area contributed by atoms with Crippen LogP contribution in [0.2, 0.25) is 0 Å². The molecule has 0 aliphatic rings. The van der Waals surface area contributed by atoms with Gasteiger partial charge in [-0.3, -0.25) is 0 Å². The topological polar surface area (TPSA) is 31.5 Å². The summed E-state index contributed by atoms with van der Waals surface area (Å²) in [4.78, 5) is 0. The van der Waals surface area contributed by atoms with Crippen LogP contribution < -0.4 is 12.4 Å². The summed E-state index contributed by atoms with van der Waals surface area (Å²) in [7, 11) is 4.60. The van der Waals surface area contributed by atoms with E-state index >= 15 is 0 Å². The van der Waals surface area contributed by atoms with E-state index in [1.54, 1.807) is 0 Å². The van der Waals surface area contributed by atoms with Crippen molar-refractivity contribution >= 4 is 0 Å². The SMILES string of the molecule is CCC[N+](C)(C)CCC.O.[Cl-]. The predicted octanol–water partition coefficient (Wildman–Crippen LogP) is -1.94. The summed E-state index contributed by atoms with van der Waals surface area (Å²) in [6, 6.07) is 0. The molecule has 72 valence electrons. The largest absolute Gasteiger partial charge is 1.00 e. The Morgan fingerprint density at radius 2 is 1.18 bits per heavy atom. The second-order valence-electron chi connectivity index (χ2n) is 3.38. The van der Waals surface area contributed by atoms with Crippen LogP contribution in [0.4, 0.5) is 0 Å². The molecule has 0 aromatic heterocycles. The van der Waals surface area contributed by atoms with Gasteiger partial charge in [0.1, 0.15) is 0 Å². The fraction of sp³-hybridized carbons (Fsp3) is 1.00. The molecule has 0 aliphatic carbocycles. The Kier molecular flexibility index (Phi) is 13.1. The zero-order valence-corrected chi connectivity index (χ0v) is 8.91. The molecule has 3 heteroatoms. The lowest BCUT2D eigenvalue weighted by Crippen LogP contribution is -3.00. The Balaban J connectivity index is -0.000000320. The Hall–Kier alpha value is 0.210. The molecule has 0 aromatic carbocycles. The molecule has 0 unspecified atom stereocenters. The van der Waals surface area contributed by atoms with Gasteiger partial charge in [0.2, 0.25) is 0 Å². The summed E-state index contributed by atoms with van der Waals surface area (Å²) in [5, 5.41) is 0. The van der Waals surface area contributed by atoms with Crippen molar-refractivity contribution in [2.75, 3.05) is 27.2 Å². The van der Waals surface area contributed by atoms with Gasteiger partial charge in [-0.2, -0.15) is 0 Å². The maximum absolute atomic E-state index is 2.30. The minimum absolute atomic E-state index is 0. The van der Waals surface area contributed by atoms with Gasteiger partial charge in [-0.15, -0.1) is 0 Å². The molecule has 0 aliphatic heterocycles. The first-order valence-corrected chi connectivity index (χ1v) is 3.94. The van der Waals surface area contributed by atoms with Gasteiger partial charge in [-0.25, -0.2) is 0 Å². The van der Waals surface area contributed by atoms with Gasteiger partial charge in [-0.05, 0) is 12.8 Å². The number of nitrogens with zero attached hydrogens (tertiary/aromatic N) is 1. The molecule has 0 amide bonds. The summed E-state index contributed by atoms with van der Waals surface area (Å²) in [6.07, 6.45) is 2.60. The van der Waals surface area contributed by atoms with E-state index in [2.05, 4.69) is 27.9 Å². The monoisotopic (exact) mass is 183 g/mol. The van der Waals surface area contributed by atoms with E-state index in [-0.39, 0.29) is 17.9 Å². The first-order valence-electron chi connectivity index (χ1n) is 3.94. The highest BCUT2D eigenvalue weighted by Gasteiger charge is 2.09. The van der Waals surface area contributed by atoms with E-state index in [0.717, 1.165) is 0 Å². The molecular weight excluding hydrogens is 162 g/mol. The van der Waals surface area contributed by atoms with Crippen molar-refractivity contribution in [3.8, 4) is 0 Å². The quantitative estimate of drug-likeness (QED) is 0.455. The van der Waals surface area contributed by atoms with Gasteiger partial charge in [0.15, 0.2) is 0 Å². The molecule has 0 aromatic rings. The zero-order valence-electron chi connectivity index (χ0n) is 8.15. The molecule has 0 saturated heterocycles. The summed E-state index contributed by atoms with van der Waals surface area (Å²) >= 11 is 0. The summed E-state index contributed by atoms with van der Waals surface area (Å²) in [5.41, 5.74) is 0. The average molecular weight is 184 g/mol. The molecule has 0 fully saturated rings. The second-order valence-corrected chi connectivity index (χ2v) is 3.38. The third-order valence-corrected chi connectivity index (χ3v) is 1.66. The lowest BCUT2D eigenvalue weighted by molar-refractivity contribution is -0.890. The molecule has 0 rings (SSSR count). The van der Waals surface area contributed by atoms with E-state index in [1.165, 1.54) is 30.4 Å². The van der Waals surface area contributed by atoms with E-state index in [1.807, 2.05) is 0 Å². The molecule has 0 heterocycles. The summed E-state index contributed by atoms with van der Waals surface area (Å²) < 4.78 is 1.19. The van der Waals surface area contributed by atoms with Crippen LogP contribution in [-0.4, -0.2) is 37.1 Å². The molecule has 2 nitrogen and oxygen atoms in total. The average Bonchev–Trinajstić information content (AvgIpc) is 1.64. The van der Waals surface area contributed by atoms with E-state index in [9.17, 15) is 0 Å². The Morgan fingerprint density at radius 1 is 0.909 bits per heavy atom. The number of rotatable bonds is 4. The van der Waals surface area contributed by atoms with E-state index < -0.39 is 0 Å². The minimum Gasteiger partial charge on any atom is -1.00 e. The van der Waals surface area contributed by atoms with Gasteiger partial charge in [-0.1, -0.05) is 13.8 Å². The molecule has 11 heavy (non-hydrogen) atoms. The van der Waals surface area contributed by atoms with Crippen LogP contribution in [0, 0.1) is 0 Å². The van der Waals surface area contributed by atoms with Crippen molar-refractivity contribution in [3.05, 3.63) is 0 Å². The van der Waals surface area contributed by atoms with Gasteiger partial charge < -0.3 is 22.4 Å². The summed E-state index contributed by atoms with van der Waals surface area (Å²) in [5.74, 6) is 0. The highest BCUT2D eigenvalue weighted by molar-refractivity contribution is 4.30. The molecule has 0 spiro atoms. The van der Waals surface area contributed by atoms with Crippen LogP contribution >= 0.6 is 0 Å². The molecule has 2 N–H and O–H groups in total. The van der Waals surface area contributed by atoms with Gasteiger partial charge in [0, 0.05) is 0 Å². The number of halogens is 1. The number of hydrogen-bond donors (Lipinski definition) is 0. The highest BCUT2D eigenvalue weighted by atomic mass is 35.5. The first kappa shape index (κ1) is 17.3. The third kappa shape index (κ3) is 10.2. The molecule has 0 bridgehead atoms. The van der Waals surface area contributed by atoms with Crippen LogP contribution in [0.25, 0.3) is 0 Å². The van der Waals surface area contributed by atoms with Crippen LogP contribution in [0.5, 0.6) is 0 Å². The smallest absolute Gasteiger partial charge is 0.0779 e. The fourth-order valence-corrected chi connectivity index (χ4v) is 1.32. The van der Waals surface area contributed by atoms with Crippen molar-refractivity contribution in [3.63, 3.8) is 0 Å². The van der Waals surface area contributed by atoms with Crippen LogP contribution in [-0.2, 0) is 0 Å². The maximum atomic E-state index is 2.30. The highest BCUT2D eigenvalue weighted by Crippen LogP contribution is 1.99. The van der Waals surface area contributed by atoms with Gasteiger partial charge >= 0.3 is 0 Å². The Bertz CT molecular complexity index is 68.5. The van der Waals surface area contributed by atoms with E-state index in [0.29, 0.717) is 0 Å². The maximum Gasteiger partial charge on any atom is 0.0779 e. The van der Waals surface area contributed by atoms with Crippen molar-refractivity contribution in [1.29, 1.82) is 0 Å². The van der Waals surface area contributed by atoms with Crippen LogP contribution in [0.3, 0.4) is 0 Å². The standard InChI is InChI=1S/C8H20N.ClH.H2O/c1-5-7-9(3,4)8-6-2;;/h5-8H2,1-4H3;1H;1H2/q+1;;/p-1. The van der Waals surface area contributed by atoms with Crippen molar-refractivity contribution in [2.24, 2.45) is 0 Å². The van der Waals surface area contributed by atoms with Crippen LogP contribution in [0.15, 0.2) is 0 Å². The van der Waals surface area contributed by atoms with Gasteiger partial charge in [0.25, 0.3) is 0 Å². The zero-order chi connectivity index (χ0) is 7.33. The number of hydrogen-bond acceptors (Lipinski definition) is 0. The Labute approximate surface area is 76.9 Å². The number of quaternary nitrogens is 1. The first-order chi connectivity index (χ1) is 4.12. The van der Waals surface area contributed by atoms with Crippen molar-refractivity contribution in [2.45, 2.75) is 26.7 Å². The third-order valence-electron chi connectivity index (χ3n) is 1.66. The van der Waals surface area contributed by atoms with Gasteiger partial charge in [0.05, 0.1) is 27.2 Å². The summed E-state index contributed by atoms with van der Waals surface area (Å²) in [6.45, 7) is 7.12. The lowest BCUT2D eigenvalue weighted by Gasteiger charge is -2.28. The van der Waals surface area contributed by atoms with Crippen LogP contribution in [0.1, 0.15) is 26.7 Å². The Morgan fingerprint density at radius 3 is 1.36 bits per heavy atom. The molecule has 0 saturated carbocycles. The van der Waals surface area contributed by atoms with Crippen molar-refractivity contribution < 1.29 is 22.4 Å². The molecule has 0 atom stereocenters. The predicted molar refractivity (Wildman–Crippen MR) is 46.0 cm³/mol. The normalized spacial score (nSPS) is 9.82. The molecular formula is C8H22ClNO. The molecule has 0 radical (unpaired) electrons. The fourth-order valence-electron chi connectivity index (χ4n) is 1.32. The lowest BCUT2D eigenvalue weighted by atomic mass is 10.3. The van der Waals surface area contributed by atoms with E-state index in [4.69, 9.17) is 0 Å². The second kappa shape index (κ2) is 8.31. The minimum atomic E-state index is 0. The van der Waals surface area contributed by atoms with Crippen molar-refractivity contribution in [1.82, 2.24) is 0 Å².